The van der Waals surface area contributed by atoms with Crippen LogP contribution < -0.4 is 10.1 Å². The van der Waals surface area contributed by atoms with Gasteiger partial charge in [-0.05, 0) is 55.0 Å². The van der Waals surface area contributed by atoms with Crippen molar-refractivity contribution < 1.29 is 23.8 Å². The summed E-state index contributed by atoms with van der Waals surface area (Å²) in [7, 11) is 0. The second-order valence-electron chi connectivity index (χ2n) is 9.78. The van der Waals surface area contributed by atoms with Crippen molar-refractivity contribution in [1.82, 2.24) is 14.9 Å². The van der Waals surface area contributed by atoms with Crippen molar-refractivity contribution in [2.24, 2.45) is 0 Å². The fourth-order valence-corrected chi connectivity index (χ4v) is 4.88. The molecule has 1 fully saturated rings. The van der Waals surface area contributed by atoms with Gasteiger partial charge in [0.2, 0.25) is 0 Å². The maximum Gasteiger partial charge on any atom is 0.181 e. The molecule has 1 aromatic carbocycles. The summed E-state index contributed by atoms with van der Waals surface area (Å²) in [5.74, 6) is 1.50. The molecule has 2 aliphatic rings. The lowest BCUT2D eigenvalue weighted by Crippen LogP contribution is -2.36. The summed E-state index contributed by atoms with van der Waals surface area (Å²) in [5, 5.41) is 14.1. The molecule has 0 saturated carbocycles. The van der Waals surface area contributed by atoms with E-state index in [0.29, 0.717) is 43.4 Å². The van der Waals surface area contributed by atoms with E-state index >= 15 is 0 Å². The summed E-state index contributed by atoms with van der Waals surface area (Å²) in [4.78, 5) is 23.2. The molecule has 0 bridgehead atoms. The first kappa shape index (κ1) is 28.1. The molecule has 2 N–H and O–H groups in total. The minimum absolute atomic E-state index is 0. The van der Waals surface area contributed by atoms with Crippen LogP contribution in [0.1, 0.15) is 52.9 Å². The number of aliphatic hydroxyl groups excluding tert-OH is 1. The molecule has 1 atom stereocenters. The van der Waals surface area contributed by atoms with Gasteiger partial charge >= 0.3 is 0 Å². The molecular weight excluding hydrogens is 504 g/mol. The Hall–Kier alpha value is -2.92. The molecule has 9 nitrogen and oxygen atoms in total. The molecule has 3 aromatic rings. The molecule has 4 heterocycles. The zero-order chi connectivity index (χ0) is 25.5. The van der Waals surface area contributed by atoms with Crippen LogP contribution >= 0.6 is 13.5 Å². The van der Waals surface area contributed by atoms with Crippen LogP contribution in [0.25, 0.3) is 0 Å². The Kier molecular flexibility index (Phi) is 10.2. The van der Waals surface area contributed by atoms with Crippen LogP contribution in [0, 0.1) is 0 Å². The van der Waals surface area contributed by atoms with Gasteiger partial charge in [0, 0.05) is 63.3 Å². The number of fused-ring (bicyclic) bond motifs is 1. The topological polar surface area (TPSA) is 110 Å². The van der Waals surface area contributed by atoms with Crippen LogP contribution in [0.4, 0.5) is 5.69 Å². The summed E-state index contributed by atoms with van der Waals surface area (Å²) in [6, 6.07) is 8.34. The first-order valence-corrected chi connectivity index (χ1v) is 13.0. The van der Waals surface area contributed by atoms with Crippen LogP contribution in [0.15, 0.2) is 53.7 Å². The van der Waals surface area contributed by atoms with Crippen molar-refractivity contribution in [1.29, 1.82) is 0 Å². The van der Waals surface area contributed by atoms with E-state index in [-0.39, 0.29) is 19.3 Å². The van der Waals surface area contributed by atoms with Gasteiger partial charge in [0.05, 0.1) is 18.0 Å². The third kappa shape index (κ3) is 7.80. The van der Waals surface area contributed by atoms with Gasteiger partial charge in [-0.1, -0.05) is 6.07 Å². The van der Waals surface area contributed by atoms with E-state index in [0.717, 1.165) is 57.0 Å². The van der Waals surface area contributed by atoms with Crippen molar-refractivity contribution in [3.8, 4) is 5.75 Å². The predicted molar refractivity (Wildman–Crippen MR) is 148 cm³/mol. The Morgan fingerprint density at radius 2 is 2.03 bits per heavy atom. The molecule has 1 saturated heterocycles. The number of pyridine rings is 1. The summed E-state index contributed by atoms with van der Waals surface area (Å²) in [6.07, 6.45) is 9.34. The molecule has 0 aliphatic carbocycles. The molecule has 0 unspecified atom stereocenters. The van der Waals surface area contributed by atoms with Crippen molar-refractivity contribution >= 4 is 25.0 Å². The number of benzene rings is 1. The quantitative estimate of drug-likeness (QED) is 0.352. The summed E-state index contributed by atoms with van der Waals surface area (Å²) < 4.78 is 16.4. The Morgan fingerprint density at radius 1 is 1.16 bits per heavy atom. The van der Waals surface area contributed by atoms with Crippen molar-refractivity contribution in [3.05, 3.63) is 71.7 Å². The number of nitrogens with zero attached hydrogens (tertiary/aromatic N) is 3. The number of nitrogens with one attached hydrogen (secondary N) is 1. The maximum atomic E-state index is 12.8. The van der Waals surface area contributed by atoms with Crippen molar-refractivity contribution in [2.45, 2.75) is 57.4 Å². The number of Topliss-reactive ketones (excluding diaryl/α,β-unsaturated/α-hetero) is 1. The average Bonchev–Trinajstić information content (AvgIpc) is 3.45. The fourth-order valence-electron chi connectivity index (χ4n) is 4.88. The lowest BCUT2D eigenvalue weighted by Gasteiger charge is -2.30. The van der Waals surface area contributed by atoms with Gasteiger partial charge in [-0.2, -0.15) is 13.5 Å². The summed E-state index contributed by atoms with van der Waals surface area (Å²) in [5.41, 5.74) is 3.94. The molecule has 0 radical (unpaired) electrons. The highest BCUT2D eigenvalue weighted by Gasteiger charge is 2.21. The molecule has 0 spiro atoms. The largest absolute Gasteiger partial charge is 0.486 e. The smallest absolute Gasteiger partial charge is 0.181 e. The highest BCUT2D eigenvalue weighted by atomic mass is 32.1. The minimum Gasteiger partial charge on any atom is -0.486 e. The molecule has 204 valence electrons. The Morgan fingerprint density at radius 3 is 2.84 bits per heavy atom. The first-order valence-electron chi connectivity index (χ1n) is 13.0. The number of β-amino-alcohol motifs (C(OH)–C–C–N with tert-alkyl or cyclic N) is 1. The Bertz CT molecular complexity index is 1170. The van der Waals surface area contributed by atoms with Crippen molar-refractivity contribution in [3.63, 3.8) is 0 Å². The van der Waals surface area contributed by atoms with Gasteiger partial charge < -0.3 is 24.3 Å². The maximum absolute atomic E-state index is 12.8. The number of anilines is 1. The molecule has 5 rings (SSSR count). The highest BCUT2D eigenvalue weighted by Crippen LogP contribution is 2.25. The van der Waals surface area contributed by atoms with Gasteiger partial charge in [-0.15, -0.1) is 0 Å². The average molecular weight is 541 g/mol. The predicted octanol–water partition coefficient (Wildman–Crippen LogP) is 3.73. The number of aromatic nitrogens is 2. The number of ketones is 1. The summed E-state index contributed by atoms with van der Waals surface area (Å²) >= 11 is 0. The Labute approximate surface area is 230 Å². The minimum atomic E-state index is -0.563. The van der Waals surface area contributed by atoms with Gasteiger partial charge in [-0.3, -0.25) is 14.7 Å². The fraction of sp³-hybridized carbons (Fsp3) is 0.464. The van der Waals surface area contributed by atoms with E-state index in [9.17, 15) is 9.90 Å². The molecule has 38 heavy (non-hydrogen) atoms. The number of aliphatic hydroxyl groups is 1. The van der Waals surface area contributed by atoms with Crippen molar-refractivity contribution in [2.75, 3.05) is 31.6 Å². The first-order chi connectivity index (χ1) is 18.1. The monoisotopic (exact) mass is 540 g/mol. The third-order valence-corrected chi connectivity index (χ3v) is 6.96. The number of carbonyl (C=O) groups is 1. The Balaban J connectivity index is 0.00000336. The zero-order valence-corrected chi connectivity index (χ0v) is 22.5. The number of oxazole rings is 1. The lowest BCUT2D eigenvalue weighted by molar-refractivity contribution is 0.0836. The van der Waals surface area contributed by atoms with Crippen LogP contribution in [-0.2, 0) is 24.3 Å². The van der Waals surface area contributed by atoms with Crippen LogP contribution in [0.2, 0.25) is 0 Å². The van der Waals surface area contributed by atoms with Gasteiger partial charge in [0.15, 0.2) is 17.9 Å². The zero-order valence-electron chi connectivity index (χ0n) is 21.5. The molecule has 2 aromatic heterocycles. The lowest BCUT2D eigenvalue weighted by atomic mass is 9.98. The number of carbonyl (C=O) groups excluding carboxylic acids is 1. The number of hydrogen-bond donors (Lipinski definition) is 2. The van der Waals surface area contributed by atoms with Gasteiger partial charge in [-0.25, -0.2) is 4.98 Å². The molecule has 10 heteroatoms. The van der Waals surface area contributed by atoms with Crippen LogP contribution in [0.5, 0.6) is 5.75 Å². The van der Waals surface area contributed by atoms with Crippen LogP contribution in [-0.4, -0.2) is 64.2 Å². The van der Waals surface area contributed by atoms with E-state index in [1.807, 2.05) is 12.1 Å². The molecule has 2 aliphatic heterocycles. The highest BCUT2D eigenvalue weighted by molar-refractivity contribution is 7.59. The van der Waals surface area contributed by atoms with Crippen LogP contribution in [0.3, 0.4) is 0 Å². The van der Waals surface area contributed by atoms with E-state index < -0.39 is 6.10 Å². The second kappa shape index (κ2) is 13.7. The van der Waals surface area contributed by atoms with E-state index in [2.05, 4.69) is 32.3 Å². The van der Waals surface area contributed by atoms with Gasteiger partial charge in [0.25, 0.3) is 0 Å². The normalized spacial score (nSPS) is 16.8. The van der Waals surface area contributed by atoms with E-state index in [1.165, 1.54) is 17.5 Å². The van der Waals surface area contributed by atoms with Gasteiger partial charge in [0.1, 0.15) is 12.4 Å². The number of rotatable bonds is 11. The SMILES string of the molecule is O=C(CC[C@H](O)CN1CCc2cc(OCc3cnco3)ccc2C1)c1cncc(NC2CCOCC2)c1.S. The number of ether oxygens (including phenoxy) is 2. The van der Waals surface area contributed by atoms with E-state index in [1.54, 1.807) is 18.6 Å². The molecular formula is C28H36N4O5S. The summed E-state index contributed by atoms with van der Waals surface area (Å²) in [6.45, 7) is 4.02. The third-order valence-electron chi connectivity index (χ3n) is 6.96. The second-order valence-corrected chi connectivity index (χ2v) is 9.78. The standard InChI is InChI=1S/C28H34N4O5.H2S/c33-25(2-4-28(34)22-11-24(14-29-13-22)31-23-6-9-35-10-7-23)17-32-8-5-20-12-26(3-1-21(20)16-32)36-18-27-15-30-19-37-27;/h1,3,11-15,19,23,25,31,33H,2,4-10,16-18H2;1H2/t25-;/m0./s1. The van der Waals surface area contributed by atoms with E-state index in [4.69, 9.17) is 13.9 Å². The molecule has 0 amide bonds. The number of hydrogen-bond acceptors (Lipinski definition) is 9.